The van der Waals surface area contributed by atoms with Crippen LogP contribution in [-0.2, 0) is 0 Å². The van der Waals surface area contributed by atoms with Crippen LogP contribution in [0.4, 0.5) is 18.9 Å². The summed E-state index contributed by atoms with van der Waals surface area (Å²) in [6.45, 7) is 1.88. The fourth-order valence-corrected chi connectivity index (χ4v) is 3.34. The first kappa shape index (κ1) is 13.2. The van der Waals surface area contributed by atoms with E-state index in [4.69, 9.17) is 0 Å². The molecule has 0 amide bonds. The zero-order chi connectivity index (χ0) is 14.7. The highest BCUT2D eigenvalue weighted by Gasteiger charge is 2.58. The second-order valence-corrected chi connectivity index (χ2v) is 6.58. The summed E-state index contributed by atoms with van der Waals surface area (Å²) < 4.78 is 40.4. The van der Waals surface area contributed by atoms with Crippen molar-refractivity contribution in [1.29, 1.82) is 0 Å². The van der Waals surface area contributed by atoms with Crippen LogP contribution < -0.4 is 15.0 Å². The van der Waals surface area contributed by atoms with Gasteiger partial charge in [-0.1, -0.05) is 0 Å². The molecule has 4 rings (SSSR count). The molecular weight excluding hydrogens is 281 g/mol. The van der Waals surface area contributed by atoms with Crippen LogP contribution in [0.5, 0.6) is 5.75 Å². The Morgan fingerprint density at radius 2 is 1.48 bits per heavy atom. The van der Waals surface area contributed by atoms with Gasteiger partial charge in [-0.2, -0.15) is 0 Å². The smallest absolute Gasteiger partial charge is 0.406 e. The molecule has 114 valence electrons. The molecular formula is C15H17F3N2O. The molecule has 2 aliphatic carbocycles. The fraction of sp³-hybridized carbons (Fsp3) is 0.600. The van der Waals surface area contributed by atoms with Crippen molar-refractivity contribution in [1.82, 2.24) is 5.32 Å². The summed E-state index contributed by atoms with van der Waals surface area (Å²) >= 11 is 0. The number of halogens is 3. The molecule has 3 fully saturated rings. The normalized spacial score (nSPS) is 25.2. The largest absolute Gasteiger partial charge is 0.573 e. The zero-order valence-electron chi connectivity index (χ0n) is 11.5. The maximum Gasteiger partial charge on any atom is 0.573 e. The Balaban J connectivity index is 1.51. The van der Waals surface area contributed by atoms with E-state index in [9.17, 15) is 13.2 Å². The molecule has 1 aromatic rings. The van der Waals surface area contributed by atoms with Gasteiger partial charge in [-0.25, -0.2) is 0 Å². The van der Waals surface area contributed by atoms with Crippen molar-refractivity contribution >= 4 is 5.69 Å². The van der Waals surface area contributed by atoms with E-state index in [-0.39, 0.29) is 16.8 Å². The molecule has 1 aromatic carbocycles. The number of rotatable bonds is 2. The Labute approximate surface area is 121 Å². The van der Waals surface area contributed by atoms with E-state index in [2.05, 4.69) is 15.0 Å². The van der Waals surface area contributed by atoms with Crippen LogP contribution in [0.25, 0.3) is 0 Å². The maximum absolute atomic E-state index is 12.2. The highest BCUT2D eigenvalue weighted by Crippen LogP contribution is 2.49. The van der Waals surface area contributed by atoms with E-state index in [1.54, 1.807) is 12.1 Å². The third-order valence-electron chi connectivity index (χ3n) is 4.66. The van der Waals surface area contributed by atoms with E-state index in [0.29, 0.717) is 0 Å². The van der Waals surface area contributed by atoms with Gasteiger partial charge in [0.15, 0.2) is 0 Å². The van der Waals surface area contributed by atoms with Gasteiger partial charge in [-0.05, 0) is 49.9 Å². The van der Waals surface area contributed by atoms with Crippen LogP contribution >= 0.6 is 0 Å². The molecule has 0 radical (unpaired) electrons. The van der Waals surface area contributed by atoms with E-state index in [1.807, 2.05) is 0 Å². The van der Waals surface area contributed by atoms with Crippen molar-refractivity contribution in [3.8, 4) is 5.75 Å². The first-order valence-electron chi connectivity index (χ1n) is 7.27. The van der Waals surface area contributed by atoms with Gasteiger partial charge >= 0.3 is 6.36 Å². The van der Waals surface area contributed by atoms with Crippen molar-refractivity contribution < 1.29 is 17.9 Å². The van der Waals surface area contributed by atoms with Crippen LogP contribution in [0.2, 0.25) is 0 Å². The Hall–Kier alpha value is -1.43. The molecule has 3 nitrogen and oxygen atoms in total. The molecule has 6 heteroatoms. The van der Waals surface area contributed by atoms with Gasteiger partial charge in [0.25, 0.3) is 0 Å². The molecule has 2 saturated carbocycles. The molecule has 1 heterocycles. The molecule has 3 aliphatic rings. The lowest BCUT2D eigenvalue weighted by Gasteiger charge is -2.41. The minimum absolute atomic E-state index is 0.163. The lowest BCUT2D eigenvalue weighted by atomic mass is 10.1. The number of benzene rings is 1. The second-order valence-electron chi connectivity index (χ2n) is 6.58. The third kappa shape index (κ3) is 2.69. The minimum Gasteiger partial charge on any atom is -0.406 e. The van der Waals surface area contributed by atoms with Gasteiger partial charge in [0.1, 0.15) is 5.75 Å². The standard InChI is InChI=1S/C15H17F3N2O/c16-15(17,18)21-12-3-1-11(2-4-12)20-9-13(5-6-13)19-14(10-20)7-8-14/h1-4,19H,5-10H2. The first-order chi connectivity index (χ1) is 9.87. The molecule has 1 aliphatic heterocycles. The van der Waals surface area contributed by atoms with Crippen molar-refractivity contribution in [2.75, 3.05) is 18.0 Å². The second kappa shape index (κ2) is 4.06. The number of anilines is 1. The summed E-state index contributed by atoms with van der Waals surface area (Å²) in [5.74, 6) is -0.163. The molecule has 0 unspecified atom stereocenters. The number of alkyl halides is 3. The molecule has 1 N–H and O–H groups in total. The lowest BCUT2D eigenvalue weighted by Crippen LogP contribution is -2.60. The summed E-state index contributed by atoms with van der Waals surface area (Å²) in [7, 11) is 0. The fourth-order valence-electron chi connectivity index (χ4n) is 3.34. The summed E-state index contributed by atoms with van der Waals surface area (Å²) in [4.78, 5) is 2.30. The summed E-state index contributed by atoms with van der Waals surface area (Å²) in [6, 6.07) is 6.23. The topological polar surface area (TPSA) is 24.5 Å². The highest BCUT2D eigenvalue weighted by atomic mass is 19.4. The van der Waals surface area contributed by atoms with Gasteiger partial charge in [-0.15, -0.1) is 13.2 Å². The van der Waals surface area contributed by atoms with E-state index >= 15 is 0 Å². The number of ether oxygens (including phenoxy) is 1. The Bertz CT molecular complexity index is 527. The molecule has 0 atom stereocenters. The molecule has 21 heavy (non-hydrogen) atoms. The van der Waals surface area contributed by atoms with E-state index < -0.39 is 6.36 Å². The molecule has 0 aromatic heterocycles. The predicted molar refractivity (Wildman–Crippen MR) is 72.4 cm³/mol. The molecule has 2 spiro atoms. The highest BCUT2D eigenvalue weighted by molar-refractivity contribution is 5.52. The first-order valence-corrected chi connectivity index (χ1v) is 7.27. The van der Waals surface area contributed by atoms with Crippen LogP contribution in [0, 0.1) is 0 Å². The van der Waals surface area contributed by atoms with E-state index in [1.165, 1.54) is 37.8 Å². The molecule has 1 saturated heterocycles. The zero-order valence-corrected chi connectivity index (χ0v) is 11.5. The quantitative estimate of drug-likeness (QED) is 0.908. The monoisotopic (exact) mass is 298 g/mol. The van der Waals surface area contributed by atoms with Crippen molar-refractivity contribution in [2.45, 2.75) is 43.1 Å². The average Bonchev–Trinajstić information content (AvgIpc) is 3.30. The third-order valence-corrected chi connectivity index (χ3v) is 4.66. The Kier molecular flexibility index (Phi) is 2.56. The van der Waals surface area contributed by atoms with Crippen molar-refractivity contribution in [2.24, 2.45) is 0 Å². The number of nitrogens with zero attached hydrogens (tertiary/aromatic N) is 1. The van der Waals surface area contributed by atoms with Crippen molar-refractivity contribution in [3.63, 3.8) is 0 Å². The van der Waals surface area contributed by atoms with Gasteiger partial charge < -0.3 is 15.0 Å². The van der Waals surface area contributed by atoms with Gasteiger partial charge in [0.05, 0.1) is 0 Å². The summed E-state index contributed by atoms with van der Waals surface area (Å²) in [5.41, 5.74) is 1.47. The van der Waals surface area contributed by atoms with Gasteiger partial charge in [0, 0.05) is 29.9 Å². The van der Waals surface area contributed by atoms with Crippen LogP contribution in [-0.4, -0.2) is 30.5 Å². The average molecular weight is 298 g/mol. The van der Waals surface area contributed by atoms with Crippen LogP contribution in [0.15, 0.2) is 24.3 Å². The van der Waals surface area contributed by atoms with Crippen LogP contribution in [0.1, 0.15) is 25.7 Å². The van der Waals surface area contributed by atoms with E-state index in [0.717, 1.165) is 18.8 Å². The summed E-state index contributed by atoms with van der Waals surface area (Å²) in [6.07, 6.45) is 0.148. The number of piperazine rings is 1. The van der Waals surface area contributed by atoms with Gasteiger partial charge in [0.2, 0.25) is 0 Å². The Morgan fingerprint density at radius 1 is 0.952 bits per heavy atom. The number of hydrogen-bond donors (Lipinski definition) is 1. The van der Waals surface area contributed by atoms with Crippen LogP contribution in [0.3, 0.4) is 0 Å². The Morgan fingerprint density at radius 3 is 1.90 bits per heavy atom. The minimum atomic E-state index is -4.63. The lowest BCUT2D eigenvalue weighted by molar-refractivity contribution is -0.274. The number of hydrogen-bond acceptors (Lipinski definition) is 3. The summed E-state index contributed by atoms with van der Waals surface area (Å²) in [5, 5.41) is 3.78. The van der Waals surface area contributed by atoms with Gasteiger partial charge in [-0.3, -0.25) is 0 Å². The maximum atomic E-state index is 12.2. The SMILES string of the molecule is FC(F)(F)Oc1ccc(N2CC3(CC3)NC3(CC3)C2)cc1. The predicted octanol–water partition coefficient (Wildman–Crippen LogP) is 3.06. The molecule has 0 bridgehead atoms. The number of nitrogens with one attached hydrogen (secondary N) is 1. The van der Waals surface area contributed by atoms with Crippen molar-refractivity contribution in [3.05, 3.63) is 24.3 Å².